The number of benzene rings is 2. The molecule has 2 aromatic rings. The maximum Gasteiger partial charge on any atom is 0.303 e. The number of Topliss-reactive ketones (excluding diaryl/α,β-unsaturated/α-hetero) is 1. The minimum Gasteiger partial charge on any atom is -0.507 e. The van der Waals surface area contributed by atoms with Gasteiger partial charge in [-0.15, -0.1) is 0 Å². The monoisotopic (exact) mass is 425 g/mol. The predicted molar refractivity (Wildman–Crippen MR) is 112 cm³/mol. The fourth-order valence-corrected chi connectivity index (χ4v) is 3.63. The summed E-state index contributed by atoms with van der Waals surface area (Å²) in [7, 11) is 2.95. The highest BCUT2D eigenvalue weighted by Gasteiger charge is 2.46. The summed E-state index contributed by atoms with van der Waals surface area (Å²) in [6.07, 6.45) is -0.00312. The summed E-state index contributed by atoms with van der Waals surface area (Å²) in [6, 6.07) is 12.5. The Hall–Kier alpha value is -3.81. The Labute approximate surface area is 179 Å². The molecule has 0 radical (unpaired) electrons. The van der Waals surface area contributed by atoms with E-state index < -0.39 is 23.7 Å². The van der Waals surface area contributed by atoms with Crippen molar-refractivity contribution in [3.05, 3.63) is 65.2 Å². The van der Waals surface area contributed by atoms with Crippen molar-refractivity contribution in [1.82, 2.24) is 4.90 Å². The van der Waals surface area contributed by atoms with Gasteiger partial charge in [-0.2, -0.15) is 0 Å². The van der Waals surface area contributed by atoms with Crippen molar-refractivity contribution in [3.8, 4) is 11.5 Å². The van der Waals surface area contributed by atoms with E-state index in [0.717, 1.165) is 0 Å². The van der Waals surface area contributed by atoms with E-state index in [-0.39, 0.29) is 30.7 Å². The molecule has 31 heavy (non-hydrogen) atoms. The van der Waals surface area contributed by atoms with Gasteiger partial charge >= 0.3 is 5.97 Å². The Morgan fingerprint density at radius 1 is 1.03 bits per heavy atom. The Balaban J connectivity index is 2.16. The quantitative estimate of drug-likeness (QED) is 0.380. The third-order valence-electron chi connectivity index (χ3n) is 5.11. The second-order valence-electron chi connectivity index (χ2n) is 6.96. The number of methoxy groups -OCH3 is 2. The Morgan fingerprint density at radius 3 is 2.35 bits per heavy atom. The van der Waals surface area contributed by atoms with E-state index in [4.69, 9.17) is 14.6 Å². The Bertz CT molecular complexity index is 1030. The number of aliphatic hydroxyl groups excluding tert-OH is 1. The molecule has 8 nitrogen and oxygen atoms in total. The summed E-state index contributed by atoms with van der Waals surface area (Å²) >= 11 is 0. The molecule has 3 rings (SSSR count). The molecule has 1 unspecified atom stereocenters. The van der Waals surface area contributed by atoms with Gasteiger partial charge in [-0.1, -0.05) is 30.3 Å². The summed E-state index contributed by atoms with van der Waals surface area (Å²) < 4.78 is 10.7. The fraction of sp³-hybridized carbons (Fsp3) is 0.261. The first-order valence-electron chi connectivity index (χ1n) is 9.66. The van der Waals surface area contributed by atoms with Gasteiger partial charge in [-0.05, 0) is 18.6 Å². The van der Waals surface area contributed by atoms with Crippen LogP contribution in [0, 0.1) is 0 Å². The minimum atomic E-state index is -1.00. The predicted octanol–water partition coefficient (Wildman–Crippen LogP) is 2.99. The average Bonchev–Trinajstić information content (AvgIpc) is 3.03. The smallest absolute Gasteiger partial charge is 0.303 e. The number of aliphatic hydroxyl groups is 1. The second kappa shape index (κ2) is 9.34. The van der Waals surface area contributed by atoms with Gasteiger partial charge in [0.2, 0.25) is 0 Å². The molecule has 0 bridgehead atoms. The number of aliphatic carboxylic acids is 1. The van der Waals surface area contributed by atoms with Crippen LogP contribution in [0.4, 0.5) is 0 Å². The second-order valence-corrected chi connectivity index (χ2v) is 6.96. The van der Waals surface area contributed by atoms with E-state index in [2.05, 4.69) is 0 Å². The van der Waals surface area contributed by atoms with Gasteiger partial charge in [-0.25, -0.2) is 0 Å². The molecule has 0 spiro atoms. The van der Waals surface area contributed by atoms with Gasteiger partial charge in [0.25, 0.3) is 11.7 Å². The number of ether oxygens (including phenoxy) is 2. The third kappa shape index (κ3) is 4.37. The molecule has 0 aliphatic carbocycles. The Kier molecular flexibility index (Phi) is 6.59. The first-order valence-corrected chi connectivity index (χ1v) is 9.66. The van der Waals surface area contributed by atoms with Crippen molar-refractivity contribution in [1.29, 1.82) is 0 Å². The van der Waals surface area contributed by atoms with Crippen molar-refractivity contribution in [3.63, 3.8) is 0 Å². The number of carboxylic acids is 1. The number of nitrogens with zero attached hydrogens (tertiary/aromatic N) is 1. The molecule has 2 N–H and O–H groups in total. The standard InChI is InChI=1S/C23H23NO7/c1-30-15-10-11-16(17(13-15)31-2)20-19(21(27)14-7-4-3-5-8-14)22(28)23(29)24(20)12-6-9-18(25)26/h3-5,7-8,10-11,13,20,27H,6,9,12H2,1-2H3,(H,25,26). The molecule has 1 fully saturated rings. The summed E-state index contributed by atoms with van der Waals surface area (Å²) in [4.78, 5) is 38.0. The lowest BCUT2D eigenvalue weighted by Gasteiger charge is -2.26. The van der Waals surface area contributed by atoms with E-state index in [1.165, 1.54) is 19.1 Å². The molecular formula is C23H23NO7. The van der Waals surface area contributed by atoms with E-state index in [0.29, 0.717) is 22.6 Å². The molecule has 162 valence electrons. The topological polar surface area (TPSA) is 113 Å². The normalized spacial score (nSPS) is 17.6. The minimum absolute atomic E-state index is 0.0301. The van der Waals surface area contributed by atoms with Gasteiger partial charge in [0.05, 0.1) is 25.8 Å². The molecule has 0 aromatic heterocycles. The van der Waals surface area contributed by atoms with E-state index >= 15 is 0 Å². The zero-order valence-corrected chi connectivity index (χ0v) is 17.2. The SMILES string of the molecule is COc1ccc(C2C(=C(O)c3ccccc3)C(=O)C(=O)N2CCCC(=O)O)c(OC)c1. The maximum absolute atomic E-state index is 12.9. The van der Waals surface area contributed by atoms with Crippen molar-refractivity contribution in [2.75, 3.05) is 20.8 Å². The van der Waals surface area contributed by atoms with Crippen LogP contribution in [-0.4, -0.2) is 53.5 Å². The lowest BCUT2D eigenvalue weighted by Crippen LogP contribution is -2.31. The summed E-state index contributed by atoms with van der Waals surface area (Å²) in [6.45, 7) is 0.0301. The van der Waals surface area contributed by atoms with E-state index in [1.807, 2.05) is 0 Å². The molecular weight excluding hydrogens is 402 g/mol. The molecule has 1 amide bonds. The maximum atomic E-state index is 12.9. The highest BCUT2D eigenvalue weighted by molar-refractivity contribution is 6.46. The summed E-state index contributed by atoms with van der Waals surface area (Å²) in [5, 5.41) is 19.9. The van der Waals surface area contributed by atoms with Crippen LogP contribution in [0.25, 0.3) is 5.76 Å². The van der Waals surface area contributed by atoms with Gasteiger partial charge in [-0.3, -0.25) is 14.4 Å². The number of carbonyl (C=O) groups is 3. The number of ketones is 1. The lowest BCUT2D eigenvalue weighted by atomic mass is 9.94. The molecule has 1 heterocycles. The first kappa shape index (κ1) is 21.9. The van der Waals surface area contributed by atoms with E-state index in [9.17, 15) is 19.5 Å². The van der Waals surface area contributed by atoms with Crippen LogP contribution in [0.15, 0.2) is 54.1 Å². The van der Waals surface area contributed by atoms with E-state index in [1.54, 1.807) is 48.5 Å². The van der Waals surface area contributed by atoms with Crippen molar-refractivity contribution < 1.29 is 34.1 Å². The van der Waals surface area contributed by atoms with Crippen LogP contribution >= 0.6 is 0 Å². The molecule has 1 atom stereocenters. The van der Waals surface area contributed by atoms with Gasteiger partial charge < -0.3 is 24.6 Å². The first-order chi connectivity index (χ1) is 14.9. The Morgan fingerprint density at radius 2 is 1.74 bits per heavy atom. The van der Waals surface area contributed by atoms with Crippen molar-refractivity contribution in [2.45, 2.75) is 18.9 Å². The molecule has 1 aliphatic heterocycles. The average molecular weight is 425 g/mol. The lowest BCUT2D eigenvalue weighted by molar-refractivity contribution is -0.140. The zero-order chi connectivity index (χ0) is 22.5. The molecule has 0 saturated carbocycles. The molecule has 2 aromatic carbocycles. The largest absolute Gasteiger partial charge is 0.507 e. The highest BCUT2D eigenvalue weighted by atomic mass is 16.5. The van der Waals surface area contributed by atoms with Crippen LogP contribution < -0.4 is 9.47 Å². The number of amides is 1. The number of hydrogen-bond acceptors (Lipinski definition) is 6. The van der Waals surface area contributed by atoms with Crippen molar-refractivity contribution >= 4 is 23.4 Å². The van der Waals surface area contributed by atoms with Crippen LogP contribution in [0.1, 0.15) is 30.0 Å². The third-order valence-corrected chi connectivity index (χ3v) is 5.11. The van der Waals surface area contributed by atoms with Crippen molar-refractivity contribution in [2.24, 2.45) is 0 Å². The number of carbonyl (C=O) groups excluding carboxylic acids is 2. The summed E-state index contributed by atoms with van der Waals surface area (Å²) in [5.74, 6) is -2.05. The number of rotatable bonds is 8. The van der Waals surface area contributed by atoms with Crippen LogP contribution in [0.3, 0.4) is 0 Å². The summed E-state index contributed by atoms with van der Waals surface area (Å²) in [5.41, 5.74) is 0.800. The fourth-order valence-electron chi connectivity index (χ4n) is 3.63. The van der Waals surface area contributed by atoms with Gasteiger partial charge in [0.15, 0.2) is 0 Å². The number of carboxylic acid groups (broad SMARTS) is 1. The number of hydrogen-bond donors (Lipinski definition) is 2. The molecule has 1 saturated heterocycles. The molecule has 1 aliphatic rings. The van der Waals surface area contributed by atoms with Crippen LogP contribution in [-0.2, 0) is 14.4 Å². The van der Waals surface area contributed by atoms with Crippen LogP contribution in [0.2, 0.25) is 0 Å². The highest BCUT2D eigenvalue weighted by Crippen LogP contribution is 2.43. The molecule has 8 heteroatoms. The number of likely N-dealkylation sites (tertiary alicyclic amines) is 1. The van der Waals surface area contributed by atoms with Gasteiger partial charge in [0, 0.05) is 30.2 Å². The zero-order valence-electron chi connectivity index (χ0n) is 17.2. The van der Waals surface area contributed by atoms with Crippen LogP contribution in [0.5, 0.6) is 11.5 Å². The van der Waals surface area contributed by atoms with Gasteiger partial charge in [0.1, 0.15) is 17.3 Å².